The monoisotopic (exact) mass is 288 g/mol. The van der Waals surface area contributed by atoms with Gasteiger partial charge >= 0.3 is 0 Å². The molecule has 106 valence electrons. The molecule has 0 spiro atoms. The standard InChI is InChI=1S/C15H20N4S/c1-8-6-5-7-9(2)11(8)13(16)12-14(17-4)18-10(3)19-15(12)20/h5-7,13H,16H2,1-4H3,(H2,17,18,19,20). The highest BCUT2D eigenvalue weighted by Crippen LogP contribution is 2.29. The van der Waals surface area contributed by atoms with Crippen LogP contribution < -0.4 is 11.1 Å². The molecule has 0 saturated heterocycles. The van der Waals surface area contributed by atoms with Crippen LogP contribution in [-0.4, -0.2) is 17.0 Å². The van der Waals surface area contributed by atoms with Crippen LogP contribution in [0, 0.1) is 25.4 Å². The smallest absolute Gasteiger partial charge is 0.136 e. The van der Waals surface area contributed by atoms with Crippen LogP contribution in [-0.2, 0) is 0 Å². The van der Waals surface area contributed by atoms with Crippen molar-refractivity contribution >= 4 is 18.0 Å². The fraction of sp³-hybridized carbons (Fsp3) is 0.333. The Morgan fingerprint density at radius 2 is 1.80 bits per heavy atom. The molecule has 1 aromatic heterocycles. The van der Waals surface area contributed by atoms with E-state index in [-0.39, 0.29) is 6.04 Å². The minimum absolute atomic E-state index is 0.296. The van der Waals surface area contributed by atoms with Gasteiger partial charge < -0.3 is 16.0 Å². The zero-order chi connectivity index (χ0) is 14.9. The lowest BCUT2D eigenvalue weighted by molar-refractivity contribution is 0.824. The van der Waals surface area contributed by atoms with Crippen molar-refractivity contribution in [2.24, 2.45) is 5.73 Å². The summed E-state index contributed by atoms with van der Waals surface area (Å²) in [5.41, 5.74) is 10.7. The van der Waals surface area contributed by atoms with Crippen molar-refractivity contribution in [3.8, 4) is 0 Å². The summed E-state index contributed by atoms with van der Waals surface area (Å²) in [6.07, 6.45) is 0. The van der Waals surface area contributed by atoms with Gasteiger partial charge in [-0.15, -0.1) is 0 Å². The van der Waals surface area contributed by atoms with Crippen LogP contribution in [0.25, 0.3) is 0 Å². The normalized spacial score (nSPS) is 12.2. The first kappa shape index (κ1) is 14.7. The molecule has 0 aliphatic heterocycles. The lowest BCUT2D eigenvalue weighted by Gasteiger charge is -2.20. The number of H-pyrrole nitrogens is 1. The third-order valence-corrected chi connectivity index (χ3v) is 3.80. The van der Waals surface area contributed by atoms with Gasteiger partial charge in [0.1, 0.15) is 16.3 Å². The molecule has 4 nitrogen and oxygen atoms in total. The summed E-state index contributed by atoms with van der Waals surface area (Å²) in [4.78, 5) is 7.51. The highest BCUT2D eigenvalue weighted by atomic mass is 32.1. The first-order valence-electron chi connectivity index (χ1n) is 6.56. The minimum atomic E-state index is -0.296. The predicted octanol–water partition coefficient (Wildman–Crippen LogP) is 3.15. The second kappa shape index (κ2) is 5.73. The second-order valence-electron chi connectivity index (χ2n) is 4.95. The van der Waals surface area contributed by atoms with Crippen LogP contribution in [0.15, 0.2) is 18.2 Å². The summed E-state index contributed by atoms with van der Waals surface area (Å²) in [5.74, 6) is 1.61. The first-order valence-corrected chi connectivity index (χ1v) is 6.96. The Labute approximate surface area is 124 Å². The van der Waals surface area contributed by atoms with E-state index in [1.54, 1.807) is 0 Å². The maximum atomic E-state index is 6.48. The number of benzene rings is 1. The Bertz CT molecular complexity index is 671. The number of aryl methyl sites for hydroxylation is 3. The summed E-state index contributed by atoms with van der Waals surface area (Å²) >= 11 is 5.40. The molecule has 0 amide bonds. The van der Waals surface area contributed by atoms with Crippen molar-refractivity contribution in [2.45, 2.75) is 26.8 Å². The molecule has 0 aliphatic carbocycles. The molecule has 0 bridgehead atoms. The topological polar surface area (TPSA) is 66.7 Å². The summed E-state index contributed by atoms with van der Waals surface area (Å²) in [5, 5.41) is 3.12. The molecule has 0 aliphatic rings. The number of aromatic nitrogens is 2. The van der Waals surface area contributed by atoms with Gasteiger partial charge in [-0.1, -0.05) is 30.4 Å². The molecule has 2 aromatic rings. The number of anilines is 1. The van der Waals surface area contributed by atoms with Gasteiger partial charge in [-0.25, -0.2) is 4.98 Å². The average molecular weight is 288 g/mol. The maximum Gasteiger partial charge on any atom is 0.136 e. The van der Waals surface area contributed by atoms with Gasteiger partial charge in [0.2, 0.25) is 0 Å². The Morgan fingerprint density at radius 1 is 1.20 bits per heavy atom. The van der Waals surface area contributed by atoms with Crippen molar-refractivity contribution in [1.29, 1.82) is 0 Å². The van der Waals surface area contributed by atoms with Gasteiger partial charge in [0, 0.05) is 7.05 Å². The lowest BCUT2D eigenvalue weighted by atomic mass is 9.93. The van der Waals surface area contributed by atoms with Gasteiger partial charge in [0.15, 0.2) is 0 Å². The molecule has 1 unspecified atom stereocenters. The highest BCUT2D eigenvalue weighted by molar-refractivity contribution is 7.71. The van der Waals surface area contributed by atoms with Crippen LogP contribution in [0.4, 0.5) is 5.82 Å². The van der Waals surface area contributed by atoms with Crippen molar-refractivity contribution in [2.75, 3.05) is 12.4 Å². The zero-order valence-corrected chi connectivity index (χ0v) is 13.1. The van der Waals surface area contributed by atoms with E-state index in [1.807, 2.05) is 20.0 Å². The largest absolute Gasteiger partial charge is 0.374 e. The summed E-state index contributed by atoms with van der Waals surface area (Å²) in [7, 11) is 1.85. The summed E-state index contributed by atoms with van der Waals surface area (Å²) < 4.78 is 0.542. The fourth-order valence-corrected chi connectivity index (χ4v) is 2.91. The van der Waals surface area contributed by atoms with E-state index in [1.165, 1.54) is 0 Å². The Hall–Kier alpha value is -1.72. The van der Waals surface area contributed by atoms with E-state index >= 15 is 0 Å². The van der Waals surface area contributed by atoms with E-state index < -0.39 is 0 Å². The fourth-order valence-electron chi connectivity index (χ4n) is 2.54. The molecular formula is C15H20N4S. The molecule has 20 heavy (non-hydrogen) atoms. The van der Waals surface area contributed by atoms with Crippen LogP contribution in [0.5, 0.6) is 0 Å². The van der Waals surface area contributed by atoms with Gasteiger partial charge in [-0.05, 0) is 37.5 Å². The maximum absolute atomic E-state index is 6.48. The van der Waals surface area contributed by atoms with E-state index in [0.717, 1.165) is 33.9 Å². The molecule has 1 aromatic carbocycles. The van der Waals surface area contributed by atoms with Gasteiger partial charge in [0.25, 0.3) is 0 Å². The van der Waals surface area contributed by atoms with Crippen LogP contribution in [0.3, 0.4) is 0 Å². The Morgan fingerprint density at radius 3 is 2.35 bits per heavy atom. The minimum Gasteiger partial charge on any atom is -0.374 e. The van der Waals surface area contributed by atoms with Crippen molar-refractivity contribution < 1.29 is 0 Å². The van der Waals surface area contributed by atoms with Gasteiger partial charge in [-0.3, -0.25) is 0 Å². The molecule has 0 fully saturated rings. The number of aromatic amines is 1. The van der Waals surface area contributed by atoms with Crippen LogP contribution >= 0.6 is 12.2 Å². The summed E-state index contributed by atoms with van der Waals surface area (Å²) in [6, 6.07) is 5.87. The van der Waals surface area contributed by atoms with Crippen molar-refractivity contribution in [3.05, 3.63) is 50.9 Å². The van der Waals surface area contributed by atoms with Crippen molar-refractivity contribution in [3.63, 3.8) is 0 Å². The summed E-state index contributed by atoms with van der Waals surface area (Å²) in [6.45, 7) is 6.01. The molecule has 1 heterocycles. The zero-order valence-electron chi connectivity index (χ0n) is 12.2. The highest BCUT2D eigenvalue weighted by Gasteiger charge is 2.19. The number of hydrogen-bond acceptors (Lipinski definition) is 4. The van der Waals surface area contributed by atoms with Crippen LogP contribution in [0.1, 0.15) is 34.1 Å². The predicted molar refractivity (Wildman–Crippen MR) is 85.7 cm³/mol. The Kier molecular flexibility index (Phi) is 4.20. The second-order valence-corrected chi connectivity index (χ2v) is 5.34. The molecule has 0 radical (unpaired) electrons. The number of nitrogens with two attached hydrogens (primary N) is 1. The molecular weight excluding hydrogens is 268 g/mol. The quantitative estimate of drug-likeness (QED) is 0.759. The lowest BCUT2D eigenvalue weighted by Crippen LogP contribution is -2.18. The molecule has 5 heteroatoms. The third kappa shape index (κ3) is 2.59. The van der Waals surface area contributed by atoms with Crippen LogP contribution in [0.2, 0.25) is 0 Å². The van der Waals surface area contributed by atoms with E-state index in [9.17, 15) is 0 Å². The Balaban J connectivity index is 2.65. The SMILES string of the molecule is CNc1[nH]c(C)nc(=S)c1C(N)c1c(C)cccc1C. The first-order chi connectivity index (χ1) is 9.45. The molecule has 4 N–H and O–H groups in total. The van der Waals surface area contributed by atoms with E-state index in [2.05, 4.69) is 41.3 Å². The van der Waals surface area contributed by atoms with E-state index in [4.69, 9.17) is 18.0 Å². The molecule has 0 saturated carbocycles. The van der Waals surface area contributed by atoms with E-state index in [0.29, 0.717) is 4.64 Å². The number of rotatable bonds is 3. The van der Waals surface area contributed by atoms with Gasteiger partial charge in [-0.2, -0.15) is 0 Å². The third-order valence-electron chi connectivity index (χ3n) is 3.49. The molecule has 2 rings (SSSR count). The number of hydrogen-bond donors (Lipinski definition) is 3. The number of nitrogens with zero attached hydrogens (tertiary/aromatic N) is 1. The van der Waals surface area contributed by atoms with Gasteiger partial charge in [0.05, 0.1) is 11.6 Å². The average Bonchev–Trinajstić information content (AvgIpc) is 2.37. The molecule has 1 atom stereocenters. The van der Waals surface area contributed by atoms with Crippen molar-refractivity contribution in [1.82, 2.24) is 9.97 Å². The number of nitrogens with one attached hydrogen (secondary N) is 2.